The quantitative estimate of drug-likeness (QED) is 0.175. The van der Waals surface area contributed by atoms with Gasteiger partial charge in [0.2, 0.25) is 5.79 Å². The lowest BCUT2D eigenvalue weighted by atomic mass is 9.75. The molecule has 12 heteroatoms. The Labute approximate surface area is 263 Å². The summed E-state index contributed by atoms with van der Waals surface area (Å²) in [6, 6.07) is 6.33. The van der Waals surface area contributed by atoms with Crippen LogP contribution in [0.15, 0.2) is 35.9 Å². The molecule has 0 spiro atoms. The standard InChI is InChI=1S/C33H46O12/c1-5-6-7-8-9-14-27(35)44-30-22(18-29(37)40-4)17-23-19-24(20-34)43-28(36)15-16-41-26-13-11-10-12-25(26)31(38)42-21-32(2,3)33(30,39)45-23/h10-13,18,23-24,30,34,39H,5-9,14-17,19-21H2,1-4H3/b22-18+/t23-,24+,30-,33+/m0/s1. The van der Waals surface area contributed by atoms with Gasteiger partial charge in [-0.3, -0.25) is 9.59 Å². The van der Waals surface area contributed by atoms with Crippen molar-refractivity contribution < 1.29 is 57.8 Å². The van der Waals surface area contributed by atoms with Crippen molar-refractivity contribution in [3.8, 4) is 5.75 Å². The van der Waals surface area contributed by atoms with Gasteiger partial charge in [0.1, 0.15) is 24.0 Å². The maximum absolute atomic E-state index is 13.2. The van der Waals surface area contributed by atoms with Crippen LogP contribution in [-0.2, 0) is 38.1 Å². The zero-order chi connectivity index (χ0) is 33.0. The average molecular weight is 635 g/mol. The van der Waals surface area contributed by atoms with Crippen LogP contribution >= 0.6 is 0 Å². The molecular formula is C33H46O12. The number of rotatable bonds is 9. The van der Waals surface area contributed by atoms with Crippen LogP contribution in [0.3, 0.4) is 0 Å². The molecule has 12 nitrogen and oxygen atoms in total. The van der Waals surface area contributed by atoms with Gasteiger partial charge in [-0.2, -0.15) is 0 Å². The third kappa shape index (κ3) is 9.75. The molecule has 0 saturated carbocycles. The minimum atomic E-state index is -2.34. The highest BCUT2D eigenvalue weighted by molar-refractivity contribution is 5.92. The number of ether oxygens (including phenoxy) is 6. The van der Waals surface area contributed by atoms with E-state index in [0.717, 1.165) is 31.8 Å². The van der Waals surface area contributed by atoms with E-state index in [4.69, 9.17) is 28.4 Å². The zero-order valence-electron chi connectivity index (χ0n) is 26.6. The van der Waals surface area contributed by atoms with Gasteiger partial charge in [0.25, 0.3) is 0 Å². The second kappa shape index (κ2) is 16.7. The summed E-state index contributed by atoms with van der Waals surface area (Å²) in [5.41, 5.74) is -1.16. The summed E-state index contributed by atoms with van der Waals surface area (Å²) >= 11 is 0. The smallest absolute Gasteiger partial charge is 0.341 e. The monoisotopic (exact) mass is 634 g/mol. The van der Waals surface area contributed by atoms with Gasteiger partial charge >= 0.3 is 23.9 Å². The van der Waals surface area contributed by atoms with Crippen LogP contribution in [0.5, 0.6) is 5.75 Å². The lowest BCUT2D eigenvalue weighted by Crippen LogP contribution is -2.63. The molecule has 2 bridgehead atoms. The SMILES string of the molecule is CCCCCCCC(=O)O[C@H]1/C(=C/C(=O)OC)C[C@H]2C[C@H](CO)OC(=O)CCOc3ccccc3C(=O)OCC(C)(C)[C@]1(O)O2. The van der Waals surface area contributed by atoms with Crippen LogP contribution in [0.1, 0.15) is 88.9 Å². The van der Waals surface area contributed by atoms with Crippen molar-refractivity contribution in [3.63, 3.8) is 0 Å². The topological polar surface area (TPSA) is 164 Å². The zero-order valence-corrected chi connectivity index (χ0v) is 26.6. The molecule has 3 rings (SSSR count). The number of aliphatic hydroxyl groups is 2. The van der Waals surface area contributed by atoms with Crippen LogP contribution in [-0.4, -0.2) is 85.1 Å². The molecule has 2 aliphatic heterocycles. The number of benzene rings is 1. The van der Waals surface area contributed by atoms with E-state index in [-0.39, 0.29) is 49.2 Å². The fourth-order valence-corrected chi connectivity index (χ4v) is 5.32. The molecule has 2 aliphatic rings. The molecule has 0 radical (unpaired) electrons. The van der Waals surface area contributed by atoms with Crippen molar-refractivity contribution in [1.82, 2.24) is 0 Å². The number of cyclic esters (lactones) is 2. The molecule has 0 unspecified atom stereocenters. The van der Waals surface area contributed by atoms with E-state index in [9.17, 15) is 29.4 Å². The molecule has 0 aromatic heterocycles. The van der Waals surface area contributed by atoms with E-state index < -0.39 is 66.6 Å². The maximum atomic E-state index is 13.2. The first-order chi connectivity index (χ1) is 21.4. The molecule has 0 aliphatic carbocycles. The number of fused-ring (bicyclic) bond motifs is 3. The Balaban J connectivity index is 2.02. The first-order valence-corrected chi connectivity index (χ1v) is 15.5. The Kier molecular flexibility index (Phi) is 13.4. The van der Waals surface area contributed by atoms with E-state index >= 15 is 0 Å². The lowest BCUT2D eigenvalue weighted by molar-refractivity contribution is -0.340. The number of para-hydroxylation sites is 1. The summed E-state index contributed by atoms with van der Waals surface area (Å²) in [6.07, 6.45) is 2.01. The number of aliphatic hydroxyl groups excluding tert-OH is 1. The van der Waals surface area contributed by atoms with Crippen molar-refractivity contribution in [3.05, 3.63) is 41.5 Å². The van der Waals surface area contributed by atoms with Crippen molar-refractivity contribution >= 4 is 23.9 Å². The largest absolute Gasteiger partial charge is 0.492 e. The molecular weight excluding hydrogens is 588 g/mol. The number of hydrogen-bond acceptors (Lipinski definition) is 12. The van der Waals surface area contributed by atoms with Gasteiger partial charge in [0, 0.05) is 18.9 Å². The summed E-state index contributed by atoms with van der Waals surface area (Å²) in [4.78, 5) is 51.4. The first-order valence-electron chi connectivity index (χ1n) is 15.5. The first kappa shape index (κ1) is 36.0. The molecule has 45 heavy (non-hydrogen) atoms. The van der Waals surface area contributed by atoms with Crippen LogP contribution in [0.4, 0.5) is 0 Å². The second-order valence-corrected chi connectivity index (χ2v) is 12.0. The molecule has 1 fully saturated rings. The Morgan fingerprint density at radius 1 is 1.09 bits per heavy atom. The van der Waals surface area contributed by atoms with E-state index in [1.54, 1.807) is 32.0 Å². The number of methoxy groups -OCH3 is 1. The Morgan fingerprint density at radius 2 is 1.82 bits per heavy atom. The van der Waals surface area contributed by atoms with Gasteiger partial charge in [-0.15, -0.1) is 0 Å². The summed E-state index contributed by atoms with van der Waals surface area (Å²) in [5, 5.41) is 22.4. The summed E-state index contributed by atoms with van der Waals surface area (Å²) in [7, 11) is 1.19. The van der Waals surface area contributed by atoms with Crippen LogP contribution in [0, 0.1) is 5.41 Å². The molecule has 1 aromatic carbocycles. The van der Waals surface area contributed by atoms with Crippen molar-refractivity contribution in [2.24, 2.45) is 5.41 Å². The highest BCUT2D eigenvalue weighted by Gasteiger charge is 2.59. The minimum absolute atomic E-state index is 0.0216. The predicted octanol–water partition coefficient (Wildman–Crippen LogP) is 3.80. The molecule has 1 aromatic rings. The van der Waals surface area contributed by atoms with Gasteiger partial charge < -0.3 is 38.6 Å². The highest BCUT2D eigenvalue weighted by atomic mass is 16.7. The normalized spacial score (nSPS) is 26.5. The van der Waals surface area contributed by atoms with Crippen molar-refractivity contribution in [2.75, 3.05) is 26.9 Å². The molecule has 2 heterocycles. The minimum Gasteiger partial charge on any atom is -0.492 e. The van der Waals surface area contributed by atoms with E-state index in [1.165, 1.54) is 13.2 Å². The number of carbonyl (C=O) groups excluding carboxylic acids is 4. The lowest BCUT2D eigenvalue weighted by Gasteiger charge is -2.51. The summed E-state index contributed by atoms with van der Waals surface area (Å²) < 4.78 is 33.7. The van der Waals surface area contributed by atoms with E-state index in [1.807, 2.05) is 0 Å². The second-order valence-electron chi connectivity index (χ2n) is 12.0. The highest BCUT2D eigenvalue weighted by Crippen LogP contribution is 2.46. The molecule has 4 atom stereocenters. The summed E-state index contributed by atoms with van der Waals surface area (Å²) in [5.74, 6) is -4.93. The van der Waals surface area contributed by atoms with Crippen molar-refractivity contribution in [2.45, 2.75) is 103 Å². The van der Waals surface area contributed by atoms with Crippen LogP contribution in [0.25, 0.3) is 0 Å². The Bertz CT molecular complexity index is 1210. The fourth-order valence-electron chi connectivity index (χ4n) is 5.32. The summed E-state index contributed by atoms with van der Waals surface area (Å²) in [6.45, 7) is 4.20. The van der Waals surface area contributed by atoms with Gasteiger partial charge in [0.05, 0.1) is 38.3 Å². The van der Waals surface area contributed by atoms with E-state index in [0.29, 0.717) is 6.42 Å². The molecule has 0 amide bonds. The number of unbranched alkanes of at least 4 members (excludes halogenated alkanes) is 4. The maximum Gasteiger partial charge on any atom is 0.341 e. The van der Waals surface area contributed by atoms with Crippen LogP contribution in [0.2, 0.25) is 0 Å². The van der Waals surface area contributed by atoms with Gasteiger partial charge in [-0.1, -0.05) is 58.6 Å². The van der Waals surface area contributed by atoms with Crippen LogP contribution < -0.4 is 4.74 Å². The number of carbonyl (C=O) groups is 4. The van der Waals surface area contributed by atoms with Gasteiger partial charge in [-0.05, 0) is 30.5 Å². The number of esters is 4. The van der Waals surface area contributed by atoms with Gasteiger partial charge in [-0.25, -0.2) is 9.59 Å². The third-order valence-electron chi connectivity index (χ3n) is 7.97. The third-order valence-corrected chi connectivity index (χ3v) is 7.97. The van der Waals surface area contributed by atoms with E-state index in [2.05, 4.69) is 6.92 Å². The Morgan fingerprint density at radius 3 is 2.53 bits per heavy atom. The predicted molar refractivity (Wildman–Crippen MR) is 160 cm³/mol. The fraction of sp³-hybridized carbons (Fsp3) is 0.636. The van der Waals surface area contributed by atoms with Crippen molar-refractivity contribution in [1.29, 1.82) is 0 Å². The van der Waals surface area contributed by atoms with Gasteiger partial charge in [0.15, 0.2) is 6.10 Å². The molecule has 1 saturated heterocycles. The number of hydrogen-bond donors (Lipinski definition) is 2. The molecule has 250 valence electrons. The Hall–Kier alpha value is -3.48. The average Bonchev–Trinajstić information content (AvgIpc) is 3.00. The molecule has 2 N–H and O–H groups in total.